The van der Waals surface area contributed by atoms with Gasteiger partial charge >= 0.3 is 0 Å². The lowest BCUT2D eigenvalue weighted by molar-refractivity contribution is -0.122. The number of benzene rings is 1. The molecule has 7 heteroatoms. The lowest BCUT2D eigenvalue weighted by Gasteiger charge is -2.34. The zero-order valence-corrected chi connectivity index (χ0v) is 17.6. The molecule has 3 unspecified atom stereocenters. The molecule has 1 fully saturated rings. The van der Waals surface area contributed by atoms with Gasteiger partial charge in [-0.15, -0.1) is 0 Å². The fourth-order valence-electron chi connectivity index (χ4n) is 4.08. The number of nitrogens with zero attached hydrogens (tertiary/aromatic N) is 1. The monoisotopic (exact) mass is 405 g/mol. The Labute approximate surface area is 168 Å². The Morgan fingerprint density at radius 3 is 2.79 bits per heavy atom. The number of rotatable bonds is 7. The van der Waals surface area contributed by atoms with Crippen LogP contribution in [0.15, 0.2) is 34.2 Å². The molecule has 28 heavy (non-hydrogen) atoms. The summed E-state index contributed by atoms with van der Waals surface area (Å²) >= 11 is 0. The van der Waals surface area contributed by atoms with Crippen molar-refractivity contribution >= 4 is 21.8 Å². The van der Waals surface area contributed by atoms with E-state index in [4.69, 9.17) is 0 Å². The lowest BCUT2D eigenvalue weighted by atomic mass is 9.78. The molecule has 0 aromatic heterocycles. The van der Waals surface area contributed by atoms with Crippen LogP contribution in [0, 0.1) is 11.8 Å². The summed E-state index contributed by atoms with van der Waals surface area (Å²) in [5, 5.41) is 3.21. The average molecular weight is 406 g/mol. The number of aliphatic imine (C=N–C) groups is 1. The van der Waals surface area contributed by atoms with Crippen molar-refractivity contribution in [2.24, 2.45) is 16.8 Å². The van der Waals surface area contributed by atoms with Crippen LogP contribution in [0.2, 0.25) is 0 Å². The zero-order chi connectivity index (χ0) is 20.1. The predicted molar refractivity (Wildman–Crippen MR) is 111 cm³/mol. The Morgan fingerprint density at radius 1 is 1.18 bits per heavy atom. The number of amidine groups is 1. The maximum Gasteiger partial charge on any atom is 0.263 e. The smallest absolute Gasteiger partial charge is 0.263 e. The Hall–Kier alpha value is -1.89. The fraction of sp³-hybridized carbons (Fsp3) is 0.619. The van der Waals surface area contributed by atoms with E-state index in [0.29, 0.717) is 42.2 Å². The highest BCUT2D eigenvalue weighted by atomic mass is 32.2. The molecule has 0 saturated heterocycles. The molecule has 1 aromatic rings. The minimum atomic E-state index is -3.47. The molecular formula is C21H31N3O3S. The predicted octanol–water partition coefficient (Wildman–Crippen LogP) is 3.23. The van der Waals surface area contributed by atoms with E-state index >= 15 is 0 Å². The van der Waals surface area contributed by atoms with E-state index in [1.807, 2.05) is 6.07 Å². The van der Waals surface area contributed by atoms with Gasteiger partial charge in [0.25, 0.3) is 10.0 Å². The van der Waals surface area contributed by atoms with E-state index in [-0.39, 0.29) is 10.8 Å². The van der Waals surface area contributed by atoms with Gasteiger partial charge in [0.15, 0.2) is 0 Å². The summed E-state index contributed by atoms with van der Waals surface area (Å²) in [6.07, 6.45) is 6.65. The molecular weight excluding hydrogens is 374 g/mol. The molecule has 1 aromatic carbocycles. The molecule has 2 aliphatic rings. The van der Waals surface area contributed by atoms with Gasteiger partial charge in [0.05, 0.1) is 4.90 Å². The van der Waals surface area contributed by atoms with Crippen molar-refractivity contribution in [2.75, 3.05) is 6.54 Å². The number of carbonyl (C=O) groups is 1. The number of unbranched alkanes of at least 4 members (excludes halogenated alkanes) is 2. The highest BCUT2D eigenvalue weighted by molar-refractivity contribution is 7.90. The van der Waals surface area contributed by atoms with Crippen molar-refractivity contribution in [3.63, 3.8) is 0 Å². The van der Waals surface area contributed by atoms with Crippen LogP contribution < -0.4 is 10.0 Å². The van der Waals surface area contributed by atoms with Crippen LogP contribution in [-0.2, 0) is 14.8 Å². The van der Waals surface area contributed by atoms with E-state index in [1.165, 1.54) is 12.8 Å². The SMILES string of the molecule is CC1CCCC(NC(=O)CCCCCN=C2NS(=O)(=O)c3ccccc32)C1C. The van der Waals surface area contributed by atoms with Crippen molar-refractivity contribution < 1.29 is 13.2 Å². The molecule has 0 spiro atoms. The number of carbonyl (C=O) groups excluding carboxylic acids is 1. The third-order valence-corrected chi connectivity index (χ3v) is 7.44. The van der Waals surface area contributed by atoms with Gasteiger partial charge in [0.2, 0.25) is 5.91 Å². The first-order valence-corrected chi connectivity index (χ1v) is 11.8. The highest BCUT2D eigenvalue weighted by Gasteiger charge is 2.30. The van der Waals surface area contributed by atoms with Crippen LogP contribution in [0.5, 0.6) is 0 Å². The molecule has 1 saturated carbocycles. The van der Waals surface area contributed by atoms with Crippen LogP contribution >= 0.6 is 0 Å². The normalized spacial score (nSPS) is 27.2. The van der Waals surface area contributed by atoms with E-state index < -0.39 is 10.0 Å². The van der Waals surface area contributed by atoms with Crippen molar-refractivity contribution in [3.8, 4) is 0 Å². The molecule has 1 heterocycles. The van der Waals surface area contributed by atoms with Gasteiger partial charge in [-0.05, 0) is 43.2 Å². The van der Waals surface area contributed by atoms with Gasteiger partial charge < -0.3 is 5.32 Å². The maximum atomic E-state index is 12.2. The van der Waals surface area contributed by atoms with Gasteiger partial charge in [0, 0.05) is 24.6 Å². The first-order chi connectivity index (χ1) is 13.4. The second-order valence-corrected chi connectivity index (χ2v) is 9.73. The lowest BCUT2D eigenvalue weighted by Crippen LogP contribution is -2.43. The molecule has 1 amide bonds. The summed E-state index contributed by atoms with van der Waals surface area (Å²) in [4.78, 5) is 16.9. The summed E-state index contributed by atoms with van der Waals surface area (Å²) < 4.78 is 26.6. The fourth-order valence-corrected chi connectivity index (χ4v) is 5.33. The molecule has 3 rings (SSSR count). The molecule has 1 aliphatic heterocycles. The summed E-state index contributed by atoms with van der Waals surface area (Å²) in [7, 11) is -3.47. The van der Waals surface area contributed by atoms with Gasteiger partial charge in [0.1, 0.15) is 5.84 Å². The summed E-state index contributed by atoms with van der Waals surface area (Å²) in [6.45, 7) is 5.06. The van der Waals surface area contributed by atoms with Crippen molar-refractivity contribution in [3.05, 3.63) is 29.8 Å². The minimum absolute atomic E-state index is 0.148. The summed E-state index contributed by atoms with van der Waals surface area (Å²) in [6, 6.07) is 7.19. The first kappa shape index (κ1) is 20.8. The highest BCUT2D eigenvalue weighted by Crippen LogP contribution is 2.29. The Bertz CT molecular complexity index is 835. The largest absolute Gasteiger partial charge is 0.353 e. The molecule has 3 atom stereocenters. The average Bonchev–Trinajstić information content (AvgIpc) is 2.93. The van der Waals surface area contributed by atoms with Gasteiger partial charge in [-0.2, -0.15) is 0 Å². The van der Waals surface area contributed by atoms with Crippen LogP contribution in [-0.4, -0.2) is 32.7 Å². The van der Waals surface area contributed by atoms with Crippen molar-refractivity contribution in [1.82, 2.24) is 10.0 Å². The third kappa shape index (κ3) is 4.93. The molecule has 0 radical (unpaired) electrons. The quantitative estimate of drug-likeness (QED) is 0.683. The van der Waals surface area contributed by atoms with E-state index in [9.17, 15) is 13.2 Å². The van der Waals surface area contributed by atoms with Crippen molar-refractivity contribution in [1.29, 1.82) is 0 Å². The van der Waals surface area contributed by atoms with Crippen LogP contribution in [0.25, 0.3) is 0 Å². The maximum absolute atomic E-state index is 12.2. The minimum Gasteiger partial charge on any atom is -0.353 e. The number of nitrogens with one attached hydrogen (secondary N) is 2. The van der Waals surface area contributed by atoms with Crippen LogP contribution in [0.1, 0.15) is 64.4 Å². The van der Waals surface area contributed by atoms with Crippen LogP contribution in [0.4, 0.5) is 0 Å². The Morgan fingerprint density at radius 2 is 1.96 bits per heavy atom. The third-order valence-electron chi connectivity index (χ3n) is 6.05. The van der Waals surface area contributed by atoms with E-state index in [2.05, 4.69) is 28.9 Å². The molecule has 2 N–H and O–H groups in total. The molecule has 6 nitrogen and oxygen atoms in total. The number of fused-ring (bicyclic) bond motifs is 1. The summed E-state index contributed by atoms with van der Waals surface area (Å²) in [5.41, 5.74) is 0.637. The second kappa shape index (κ2) is 9.07. The zero-order valence-electron chi connectivity index (χ0n) is 16.8. The molecule has 0 bridgehead atoms. The molecule has 154 valence electrons. The standard InChI is InChI=1S/C21H31N3O3S/c1-15-9-8-11-18(16(15)2)23-20(25)13-4-3-7-14-22-21-17-10-5-6-12-19(17)28(26,27)24-21/h5-6,10,12,15-16,18H,3-4,7-9,11,13-14H2,1-2H3,(H,22,24)(H,23,25). The van der Waals surface area contributed by atoms with Gasteiger partial charge in [-0.1, -0.05) is 45.2 Å². The van der Waals surface area contributed by atoms with Crippen molar-refractivity contribution in [2.45, 2.75) is 69.7 Å². The number of hydrogen-bond acceptors (Lipinski definition) is 4. The first-order valence-electron chi connectivity index (χ1n) is 10.3. The van der Waals surface area contributed by atoms with Gasteiger partial charge in [-0.3, -0.25) is 14.5 Å². The van der Waals surface area contributed by atoms with Crippen LogP contribution in [0.3, 0.4) is 0 Å². The van der Waals surface area contributed by atoms with E-state index in [1.54, 1.807) is 18.2 Å². The van der Waals surface area contributed by atoms with Gasteiger partial charge in [-0.25, -0.2) is 8.42 Å². The number of sulfonamides is 1. The Kier molecular flexibility index (Phi) is 6.75. The molecule has 1 aliphatic carbocycles. The van der Waals surface area contributed by atoms with E-state index in [0.717, 1.165) is 25.7 Å². The topological polar surface area (TPSA) is 87.6 Å². The second-order valence-electron chi connectivity index (χ2n) is 8.08. The number of hydrogen-bond donors (Lipinski definition) is 2. The Balaban J connectivity index is 1.38. The summed E-state index contributed by atoms with van der Waals surface area (Å²) in [5.74, 6) is 1.80. The number of amides is 1.